The van der Waals surface area contributed by atoms with Gasteiger partial charge in [0.05, 0.1) is 26.9 Å². The number of ether oxygens (including phenoxy) is 3. The van der Waals surface area contributed by atoms with Gasteiger partial charge in [0.2, 0.25) is 5.75 Å². The number of carboxylic acids is 1. The molecule has 142 valence electrons. The predicted octanol–water partition coefficient (Wildman–Crippen LogP) is 2.54. The molecule has 9 heteroatoms. The van der Waals surface area contributed by atoms with Crippen molar-refractivity contribution < 1.29 is 28.9 Å². The average Bonchev–Trinajstić information content (AvgIpc) is 2.66. The van der Waals surface area contributed by atoms with Crippen molar-refractivity contribution in [2.24, 2.45) is 0 Å². The summed E-state index contributed by atoms with van der Waals surface area (Å²) in [6.45, 7) is 0. The van der Waals surface area contributed by atoms with E-state index in [4.69, 9.17) is 31.5 Å². The first-order chi connectivity index (χ1) is 12.9. The van der Waals surface area contributed by atoms with Gasteiger partial charge in [-0.1, -0.05) is 6.07 Å². The molecule has 27 heavy (non-hydrogen) atoms. The monoisotopic (exact) mass is 390 g/mol. The van der Waals surface area contributed by atoms with Crippen LogP contribution in [0.15, 0.2) is 36.4 Å². The van der Waals surface area contributed by atoms with Gasteiger partial charge in [0, 0.05) is 11.3 Å². The highest BCUT2D eigenvalue weighted by molar-refractivity contribution is 7.80. The van der Waals surface area contributed by atoms with Gasteiger partial charge in [-0.3, -0.25) is 10.1 Å². The fraction of sp³-hybridized carbons (Fsp3) is 0.167. The largest absolute Gasteiger partial charge is 0.493 e. The molecule has 2 aromatic carbocycles. The number of amides is 1. The molecule has 1 amide bonds. The lowest BCUT2D eigenvalue weighted by Gasteiger charge is -2.14. The van der Waals surface area contributed by atoms with Crippen molar-refractivity contribution in [3.63, 3.8) is 0 Å². The van der Waals surface area contributed by atoms with Crippen molar-refractivity contribution in [2.75, 3.05) is 26.6 Å². The van der Waals surface area contributed by atoms with E-state index in [0.717, 1.165) is 0 Å². The van der Waals surface area contributed by atoms with E-state index >= 15 is 0 Å². The smallest absolute Gasteiger partial charge is 0.335 e. The third kappa shape index (κ3) is 4.85. The van der Waals surface area contributed by atoms with E-state index in [-0.39, 0.29) is 16.2 Å². The summed E-state index contributed by atoms with van der Waals surface area (Å²) in [6, 6.07) is 9.03. The van der Waals surface area contributed by atoms with Gasteiger partial charge >= 0.3 is 5.97 Å². The van der Waals surface area contributed by atoms with Crippen LogP contribution in [0.4, 0.5) is 5.69 Å². The molecular weight excluding hydrogens is 372 g/mol. The normalized spacial score (nSPS) is 9.89. The lowest BCUT2D eigenvalue weighted by Crippen LogP contribution is -2.34. The summed E-state index contributed by atoms with van der Waals surface area (Å²) in [6.07, 6.45) is 0. The van der Waals surface area contributed by atoms with E-state index in [1.807, 2.05) is 0 Å². The number of anilines is 1. The molecule has 0 aliphatic carbocycles. The molecule has 2 rings (SSSR count). The quantitative estimate of drug-likeness (QED) is 0.646. The van der Waals surface area contributed by atoms with E-state index in [0.29, 0.717) is 22.9 Å². The molecule has 0 bridgehead atoms. The van der Waals surface area contributed by atoms with Gasteiger partial charge in [-0.25, -0.2) is 4.79 Å². The van der Waals surface area contributed by atoms with E-state index in [1.54, 1.807) is 12.1 Å². The number of rotatable bonds is 6. The molecule has 0 heterocycles. The molecule has 3 N–H and O–H groups in total. The summed E-state index contributed by atoms with van der Waals surface area (Å²) in [5.74, 6) is -0.542. The molecule has 0 saturated carbocycles. The Labute approximate surface area is 161 Å². The predicted molar refractivity (Wildman–Crippen MR) is 103 cm³/mol. The zero-order chi connectivity index (χ0) is 20.0. The summed E-state index contributed by atoms with van der Waals surface area (Å²) >= 11 is 5.11. The first-order valence-corrected chi connectivity index (χ1v) is 8.06. The van der Waals surface area contributed by atoms with Crippen LogP contribution >= 0.6 is 12.2 Å². The van der Waals surface area contributed by atoms with Crippen LogP contribution in [0.2, 0.25) is 0 Å². The lowest BCUT2D eigenvalue weighted by molar-refractivity contribution is 0.0696. The van der Waals surface area contributed by atoms with Gasteiger partial charge in [0.25, 0.3) is 5.91 Å². The number of benzene rings is 2. The maximum Gasteiger partial charge on any atom is 0.335 e. The van der Waals surface area contributed by atoms with Crippen molar-refractivity contribution in [3.8, 4) is 17.2 Å². The number of carbonyl (C=O) groups excluding carboxylic acids is 1. The highest BCUT2D eigenvalue weighted by Gasteiger charge is 2.17. The maximum absolute atomic E-state index is 12.5. The van der Waals surface area contributed by atoms with Crippen molar-refractivity contribution in [1.29, 1.82) is 0 Å². The lowest BCUT2D eigenvalue weighted by atomic mass is 10.1. The topological polar surface area (TPSA) is 106 Å². The van der Waals surface area contributed by atoms with E-state index in [9.17, 15) is 9.59 Å². The van der Waals surface area contributed by atoms with E-state index in [2.05, 4.69) is 10.6 Å². The summed E-state index contributed by atoms with van der Waals surface area (Å²) in [7, 11) is 4.35. The van der Waals surface area contributed by atoms with Crippen LogP contribution in [-0.2, 0) is 0 Å². The van der Waals surface area contributed by atoms with Crippen molar-refractivity contribution in [1.82, 2.24) is 5.32 Å². The summed E-state index contributed by atoms with van der Waals surface area (Å²) in [5.41, 5.74) is 0.775. The van der Waals surface area contributed by atoms with Crippen LogP contribution < -0.4 is 24.8 Å². The Kier molecular flexibility index (Phi) is 6.56. The number of hydrogen-bond acceptors (Lipinski definition) is 6. The van der Waals surface area contributed by atoms with Crippen molar-refractivity contribution in [3.05, 3.63) is 47.5 Å². The number of carboxylic acid groups (broad SMARTS) is 1. The van der Waals surface area contributed by atoms with Crippen LogP contribution in [0.1, 0.15) is 20.7 Å². The maximum atomic E-state index is 12.5. The second-order valence-electron chi connectivity index (χ2n) is 5.21. The number of carbonyl (C=O) groups is 2. The fourth-order valence-electron chi connectivity index (χ4n) is 2.28. The minimum Gasteiger partial charge on any atom is -0.493 e. The molecule has 0 spiro atoms. The van der Waals surface area contributed by atoms with Crippen LogP contribution in [0.5, 0.6) is 17.2 Å². The number of methoxy groups -OCH3 is 3. The average molecular weight is 390 g/mol. The van der Waals surface area contributed by atoms with Crippen molar-refractivity contribution >= 4 is 34.9 Å². The standard InChI is InChI=1S/C18H18N2O6S/c1-24-13-8-11(9-14(25-2)15(13)26-3)16(21)20-18(27)19-12-6-4-5-10(7-12)17(22)23/h4-9H,1-3H3,(H,22,23)(H2,19,20,21,27). The molecule has 0 fully saturated rings. The van der Waals surface area contributed by atoms with E-state index < -0.39 is 11.9 Å². The Morgan fingerprint density at radius 2 is 1.59 bits per heavy atom. The second-order valence-corrected chi connectivity index (χ2v) is 5.62. The highest BCUT2D eigenvalue weighted by Crippen LogP contribution is 2.38. The van der Waals surface area contributed by atoms with Gasteiger partial charge in [0.15, 0.2) is 16.6 Å². The molecule has 0 aromatic heterocycles. The number of thiocarbonyl (C=S) groups is 1. The van der Waals surface area contributed by atoms with Crippen LogP contribution in [0.3, 0.4) is 0 Å². The Morgan fingerprint density at radius 1 is 0.963 bits per heavy atom. The zero-order valence-corrected chi connectivity index (χ0v) is 15.7. The number of nitrogens with one attached hydrogen (secondary N) is 2. The molecule has 0 aliphatic heterocycles. The molecule has 2 aromatic rings. The van der Waals surface area contributed by atoms with Gasteiger partial charge in [-0.05, 0) is 42.5 Å². The van der Waals surface area contributed by atoms with Crippen LogP contribution in [0.25, 0.3) is 0 Å². The van der Waals surface area contributed by atoms with Gasteiger partial charge in [-0.15, -0.1) is 0 Å². The molecule has 0 unspecified atom stereocenters. The van der Waals surface area contributed by atoms with E-state index in [1.165, 1.54) is 45.6 Å². The molecule has 0 aliphatic rings. The number of hydrogen-bond donors (Lipinski definition) is 3. The Morgan fingerprint density at radius 3 is 2.11 bits per heavy atom. The Balaban J connectivity index is 2.16. The molecular formula is C18H18N2O6S. The first kappa shape index (κ1) is 20.0. The fourth-order valence-corrected chi connectivity index (χ4v) is 2.49. The Hall–Kier alpha value is -3.33. The van der Waals surface area contributed by atoms with Crippen LogP contribution in [0, 0.1) is 0 Å². The summed E-state index contributed by atoms with van der Waals surface area (Å²) < 4.78 is 15.6. The molecule has 0 saturated heterocycles. The Bertz CT molecular complexity index is 859. The SMILES string of the molecule is COc1cc(C(=O)NC(=S)Nc2cccc(C(=O)O)c2)cc(OC)c1OC. The third-order valence-electron chi connectivity index (χ3n) is 3.52. The van der Waals surface area contributed by atoms with Crippen LogP contribution in [-0.4, -0.2) is 43.4 Å². The summed E-state index contributed by atoms with van der Waals surface area (Å²) in [4.78, 5) is 23.5. The molecule has 0 atom stereocenters. The highest BCUT2D eigenvalue weighted by atomic mass is 32.1. The van der Waals surface area contributed by atoms with Gasteiger partial charge in [-0.2, -0.15) is 0 Å². The first-order valence-electron chi connectivity index (χ1n) is 7.65. The summed E-state index contributed by atoms with van der Waals surface area (Å²) in [5, 5.41) is 14.3. The minimum atomic E-state index is -1.06. The van der Waals surface area contributed by atoms with Gasteiger partial charge < -0.3 is 24.6 Å². The molecule has 0 radical (unpaired) electrons. The number of aromatic carboxylic acids is 1. The third-order valence-corrected chi connectivity index (χ3v) is 3.73. The van der Waals surface area contributed by atoms with Gasteiger partial charge in [0.1, 0.15) is 0 Å². The minimum absolute atomic E-state index is 0.0105. The second kappa shape index (κ2) is 8.86. The van der Waals surface area contributed by atoms with Crippen molar-refractivity contribution in [2.45, 2.75) is 0 Å². The molecule has 8 nitrogen and oxygen atoms in total. The zero-order valence-electron chi connectivity index (χ0n) is 14.9.